The molecule has 0 aromatic rings. The summed E-state index contributed by atoms with van der Waals surface area (Å²) in [5, 5.41) is 0. The molecule has 0 bridgehead atoms. The first-order valence-electron chi connectivity index (χ1n) is 10.3. The molecule has 0 radical (unpaired) electrons. The molecule has 2 aliphatic heterocycles. The van der Waals surface area contributed by atoms with Gasteiger partial charge in [-0.3, -0.25) is 4.57 Å². The second-order valence-corrected chi connectivity index (χ2v) is 9.77. The summed E-state index contributed by atoms with van der Waals surface area (Å²) in [6.07, 6.45) is 0.0446. The fourth-order valence-electron chi connectivity index (χ4n) is 3.58. The van der Waals surface area contributed by atoms with E-state index < -0.39 is 19.5 Å². The second kappa shape index (κ2) is 12.2. The van der Waals surface area contributed by atoms with Crippen molar-refractivity contribution in [3.63, 3.8) is 0 Å². The normalized spacial score (nSPS) is 34.5. The van der Waals surface area contributed by atoms with Gasteiger partial charge in [-0.05, 0) is 60.7 Å². The summed E-state index contributed by atoms with van der Waals surface area (Å²) in [6.45, 7) is 11.3. The summed E-state index contributed by atoms with van der Waals surface area (Å²) < 4.78 is 46.1. The molecule has 2 rings (SSSR count). The van der Waals surface area contributed by atoms with Gasteiger partial charge in [0.1, 0.15) is 11.7 Å². The van der Waals surface area contributed by atoms with Gasteiger partial charge in [-0.15, -0.1) is 6.10 Å². The van der Waals surface area contributed by atoms with Crippen LogP contribution in [0.25, 0.3) is 0 Å². The third-order valence-corrected chi connectivity index (χ3v) is 5.85. The molecule has 30 heavy (non-hydrogen) atoms. The van der Waals surface area contributed by atoms with Gasteiger partial charge in [-0.1, -0.05) is 0 Å². The number of rotatable bonds is 11. The van der Waals surface area contributed by atoms with E-state index in [0.29, 0.717) is 18.9 Å². The molecule has 11 heteroatoms. The maximum atomic E-state index is 12.5. The standard InChI is InChI=1S/C19H37NO8P.W/c1-12(2)23-11-19(10-20)18(8-15(6)27-19)28-29(21,22)24-9-17-16(25-13(3)4)7-14(5)26-17;/h12-16,18H,7-11,20H2,1-6H3,(H,21,22);/q-1;/p-1/t14-,15-,16+,18+,19+;/m0./s1. The predicted octanol–water partition coefficient (Wildman–Crippen LogP) is 1.92. The molecule has 9 nitrogen and oxygen atoms in total. The smallest absolute Gasteiger partial charge is 0.265 e. The third-order valence-electron chi connectivity index (χ3n) is 4.89. The Labute approximate surface area is 194 Å². The summed E-state index contributed by atoms with van der Waals surface area (Å²) >= 11 is 0. The zero-order valence-corrected chi connectivity index (χ0v) is 22.5. The maximum absolute atomic E-state index is 12.5. The van der Waals surface area contributed by atoms with Crippen LogP contribution in [0.15, 0.2) is 0 Å². The minimum absolute atomic E-state index is 0. The fraction of sp³-hybridized carbons (Fsp3) is 0.947. The van der Waals surface area contributed by atoms with Crippen molar-refractivity contribution in [1.82, 2.24) is 0 Å². The first-order chi connectivity index (χ1) is 13.5. The Morgan fingerprint density at radius 1 is 1.20 bits per heavy atom. The van der Waals surface area contributed by atoms with Gasteiger partial charge < -0.3 is 38.6 Å². The van der Waals surface area contributed by atoms with Crippen molar-refractivity contribution in [1.29, 1.82) is 0 Å². The summed E-state index contributed by atoms with van der Waals surface area (Å²) in [5.41, 5.74) is 4.88. The average molecular weight is 621 g/mol. The van der Waals surface area contributed by atoms with Gasteiger partial charge in [0.05, 0.1) is 18.8 Å². The Bertz CT molecular complexity index is 569. The largest absolute Gasteiger partial charge is 0.756 e. The molecule has 2 aliphatic rings. The first-order valence-corrected chi connectivity index (χ1v) is 11.7. The van der Waals surface area contributed by atoms with Crippen molar-refractivity contribution >= 4 is 7.82 Å². The summed E-state index contributed by atoms with van der Waals surface area (Å²) in [6, 6.07) is 0. The molecule has 2 fully saturated rings. The molecule has 2 N–H and O–H groups in total. The van der Waals surface area contributed by atoms with Crippen molar-refractivity contribution in [2.75, 3.05) is 19.8 Å². The van der Waals surface area contributed by atoms with Crippen molar-refractivity contribution in [3.05, 3.63) is 6.10 Å². The molecule has 178 valence electrons. The van der Waals surface area contributed by atoms with Gasteiger partial charge in [0, 0.05) is 46.2 Å². The van der Waals surface area contributed by atoms with Crippen LogP contribution in [0.4, 0.5) is 0 Å². The van der Waals surface area contributed by atoms with Crippen LogP contribution in [-0.2, 0) is 53.6 Å². The summed E-state index contributed by atoms with van der Waals surface area (Å²) in [7, 11) is -4.64. The number of nitrogens with two attached hydrogens (primary N) is 1. The van der Waals surface area contributed by atoms with Crippen molar-refractivity contribution < 1.29 is 58.5 Å². The Hall–Kier alpha value is 0.598. The zero-order chi connectivity index (χ0) is 21.8. The minimum Gasteiger partial charge on any atom is -0.756 e. The number of phosphoric acid groups is 1. The van der Waals surface area contributed by atoms with Gasteiger partial charge in [-0.2, -0.15) is 0 Å². The van der Waals surface area contributed by atoms with Crippen molar-refractivity contribution in [3.8, 4) is 0 Å². The molecule has 0 aliphatic carbocycles. The number of phosphoric ester groups is 1. The van der Waals surface area contributed by atoms with Crippen LogP contribution >= 0.6 is 7.82 Å². The van der Waals surface area contributed by atoms with E-state index >= 15 is 0 Å². The predicted molar refractivity (Wildman–Crippen MR) is 105 cm³/mol. The van der Waals surface area contributed by atoms with Gasteiger partial charge in [0.15, 0.2) is 0 Å². The molecule has 0 aromatic carbocycles. The molecule has 6 atom stereocenters. The number of ether oxygens (including phenoxy) is 4. The Morgan fingerprint density at radius 2 is 1.87 bits per heavy atom. The zero-order valence-electron chi connectivity index (χ0n) is 18.7. The van der Waals surface area contributed by atoms with Gasteiger partial charge >= 0.3 is 0 Å². The maximum Gasteiger partial charge on any atom is 0.265 e. The minimum atomic E-state index is -4.64. The van der Waals surface area contributed by atoms with Gasteiger partial charge in [-0.25, -0.2) is 0 Å². The van der Waals surface area contributed by atoms with E-state index in [1.165, 1.54) is 0 Å². The van der Waals surface area contributed by atoms with E-state index in [1.54, 1.807) is 0 Å². The van der Waals surface area contributed by atoms with E-state index in [0.717, 1.165) is 0 Å². The molecular weight excluding hydrogens is 585 g/mol. The topological polar surface area (TPSA) is 122 Å². The Kier molecular flexibility index (Phi) is 11.6. The monoisotopic (exact) mass is 621 g/mol. The van der Waals surface area contributed by atoms with Crippen LogP contribution in [0.2, 0.25) is 0 Å². The van der Waals surface area contributed by atoms with E-state index in [1.807, 2.05) is 41.5 Å². The molecule has 2 saturated heterocycles. The van der Waals surface area contributed by atoms with Crippen LogP contribution in [0.5, 0.6) is 0 Å². The van der Waals surface area contributed by atoms with Gasteiger partial charge in [0.2, 0.25) is 0 Å². The van der Waals surface area contributed by atoms with Crippen LogP contribution in [0.1, 0.15) is 54.4 Å². The average Bonchev–Trinajstić information content (AvgIpc) is 3.09. The SMILES string of the molecule is CC(C)OC[C@@]1(CN)O[C@@H](C)C[C@H]1OP(=O)([O-])OC[C-]1O[C@@H](C)C[C@H]1OC(C)C.[W]. The Balaban J connectivity index is 0.00000450. The van der Waals surface area contributed by atoms with Crippen LogP contribution in [0, 0.1) is 6.10 Å². The summed E-state index contributed by atoms with van der Waals surface area (Å²) in [5.74, 6) is 0. The van der Waals surface area contributed by atoms with Crippen LogP contribution in [-0.4, -0.2) is 62.0 Å². The van der Waals surface area contributed by atoms with E-state index in [2.05, 4.69) is 0 Å². The third kappa shape index (κ3) is 8.18. The van der Waals surface area contributed by atoms with Crippen LogP contribution < -0.4 is 10.6 Å². The molecule has 0 spiro atoms. The molecule has 0 saturated carbocycles. The summed E-state index contributed by atoms with van der Waals surface area (Å²) in [4.78, 5) is 12.5. The number of hydrogen-bond donors (Lipinski definition) is 1. The van der Waals surface area contributed by atoms with Crippen molar-refractivity contribution in [2.45, 2.75) is 96.6 Å². The van der Waals surface area contributed by atoms with Crippen LogP contribution in [0.3, 0.4) is 0 Å². The van der Waals surface area contributed by atoms with Crippen molar-refractivity contribution in [2.24, 2.45) is 5.73 Å². The molecule has 0 amide bonds. The quantitative estimate of drug-likeness (QED) is 0.273. The van der Waals surface area contributed by atoms with Gasteiger partial charge in [0.25, 0.3) is 7.82 Å². The number of hydrogen-bond acceptors (Lipinski definition) is 9. The van der Waals surface area contributed by atoms with E-state index in [-0.39, 0.29) is 71.3 Å². The van der Waals surface area contributed by atoms with E-state index in [9.17, 15) is 9.46 Å². The second-order valence-electron chi connectivity index (χ2n) is 8.41. The molecule has 2 heterocycles. The Morgan fingerprint density at radius 3 is 2.43 bits per heavy atom. The molecular formula is C19H36NO8PW-2. The molecule has 1 unspecified atom stereocenters. The fourth-order valence-corrected chi connectivity index (χ4v) is 4.52. The first kappa shape index (κ1) is 28.6. The molecule has 0 aromatic heterocycles. The van der Waals surface area contributed by atoms with E-state index in [4.69, 9.17) is 33.7 Å².